The first-order valence-electron chi connectivity index (χ1n) is 1.92. The molecule has 0 saturated carbocycles. The van der Waals surface area contributed by atoms with Crippen LogP contribution in [-0.4, -0.2) is 17.9 Å². The van der Waals surface area contributed by atoms with Gasteiger partial charge in [0, 0.05) is 0 Å². The van der Waals surface area contributed by atoms with Gasteiger partial charge in [-0.15, -0.1) is 0 Å². The van der Waals surface area contributed by atoms with E-state index >= 15 is 0 Å². The number of rotatable bonds is 2. The van der Waals surface area contributed by atoms with Crippen LogP contribution in [0, 0.1) is 11.3 Å². The van der Waals surface area contributed by atoms with E-state index in [9.17, 15) is 4.39 Å². The van der Waals surface area contributed by atoms with Crippen LogP contribution < -0.4 is 0 Å². The monoisotopic (exact) mass is 103 g/mol. The molecule has 0 aromatic rings. The number of aliphatic hydroxyl groups excluding tert-OH is 1. The highest BCUT2D eigenvalue weighted by Gasteiger charge is 1.98. The smallest absolute Gasteiger partial charge is 0.116 e. The van der Waals surface area contributed by atoms with E-state index in [0.717, 1.165) is 0 Å². The molecule has 0 aromatic carbocycles. The summed E-state index contributed by atoms with van der Waals surface area (Å²) in [6.45, 7) is -0.826. The Bertz CT molecular complexity index is 78.2. The fourth-order valence-corrected chi connectivity index (χ4v) is 0.160. The number of alkyl halides is 1. The van der Waals surface area contributed by atoms with E-state index in [0.29, 0.717) is 0 Å². The van der Waals surface area contributed by atoms with Crippen LogP contribution in [0.5, 0.6) is 0 Å². The maximum atomic E-state index is 11.2. The number of aliphatic hydroxyl groups is 1. The Labute approximate surface area is 41.2 Å². The molecule has 0 heterocycles. The van der Waals surface area contributed by atoms with Crippen molar-refractivity contribution in [1.29, 1.82) is 5.26 Å². The summed E-state index contributed by atoms with van der Waals surface area (Å²) >= 11 is 0. The first-order chi connectivity index (χ1) is 3.31. The van der Waals surface area contributed by atoms with E-state index in [1.807, 2.05) is 0 Å². The van der Waals surface area contributed by atoms with Gasteiger partial charge in [-0.3, -0.25) is 0 Å². The molecule has 3 heteroatoms. The molecule has 2 nitrogen and oxygen atoms in total. The summed E-state index contributed by atoms with van der Waals surface area (Å²) in [7, 11) is 0. The highest BCUT2D eigenvalue weighted by Crippen LogP contribution is 1.87. The Hall–Kier alpha value is -0.620. The third-order valence-corrected chi connectivity index (χ3v) is 0.505. The van der Waals surface area contributed by atoms with Crippen molar-refractivity contribution in [2.45, 2.75) is 12.5 Å². The maximum absolute atomic E-state index is 11.2. The summed E-state index contributed by atoms with van der Waals surface area (Å²) in [5, 5.41) is 16.1. The number of nitriles is 1. The molecule has 0 amide bonds. The molecule has 0 aliphatic rings. The quantitative estimate of drug-likeness (QED) is 0.543. The molecular formula is C4H6FNO. The number of hydrogen-bond acceptors (Lipinski definition) is 2. The van der Waals surface area contributed by atoms with Gasteiger partial charge in [-0.1, -0.05) is 0 Å². The van der Waals surface area contributed by atoms with Crippen LogP contribution in [0.3, 0.4) is 0 Å². The molecule has 1 N–H and O–H groups in total. The Balaban J connectivity index is 3.03. The van der Waals surface area contributed by atoms with Crippen LogP contribution in [0.2, 0.25) is 0 Å². The summed E-state index contributed by atoms with van der Waals surface area (Å²) in [5.41, 5.74) is 0. The molecule has 7 heavy (non-hydrogen) atoms. The van der Waals surface area contributed by atoms with E-state index in [2.05, 4.69) is 0 Å². The van der Waals surface area contributed by atoms with Gasteiger partial charge in [0.25, 0.3) is 0 Å². The molecule has 0 saturated heterocycles. The molecule has 0 radical (unpaired) electrons. The first kappa shape index (κ1) is 6.38. The topological polar surface area (TPSA) is 44.0 Å². The van der Waals surface area contributed by atoms with Gasteiger partial charge in [0.05, 0.1) is 18.6 Å². The van der Waals surface area contributed by atoms with E-state index < -0.39 is 12.8 Å². The zero-order valence-electron chi connectivity index (χ0n) is 3.76. The molecule has 0 aliphatic carbocycles. The largest absolute Gasteiger partial charge is 0.389 e. The van der Waals surface area contributed by atoms with Crippen molar-refractivity contribution in [2.75, 3.05) is 6.67 Å². The lowest BCUT2D eigenvalue weighted by atomic mass is 10.3. The van der Waals surface area contributed by atoms with Crippen LogP contribution in [0.25, 0.3) is 0 Å². The average molecular weight is 103 g/mol. The molecule has 1 atom stereocenters. The molecule has 0 fully saturated rings. The minimum absolute atomic E-state index is 0.115. The lowest BCUT2D eigenvalue weighted by Crippen LogP contribution is -2.06. The SMILES string of the molecule is N#CC[C@H](O)CF. The van der Waals surface area contributed by atoms with Gasteiger partial charge in [0.2, 0.25) is 0 Å². The van der Waals surface area contributed by atoms with Gasteiger partial charge < -0.3 is 5.11 Å². The second-order valence-electron chi connectivity index (χ2n) is 1.17. The Morgan fingerprint density at radius 3 is 2.57 bits per heavy atom. The van der Waals surface area contributed by atoms with Crippen LogP contribution >= 0.6 is 0 Å². The summed E-state index contributed by atoms with van der Waals surface area (Å²) in [4.78, 5) is 0. The van der Waals surface area contributed by atoms with Crippen LogP contribution in [0.15, 0.2) is 0 Å². The normalized spacial score (nSPS) is 12.7. The van der Waals surface area contributed by atoms with E-state index in [1.54, 1.807) is 6.07 Å². The van der Waals surface area contributed by atoms with E-state index in [4.69, 9.17) is 10.4 Å². The minimum Gasteiger partial charge on any atom is -0.389 e. The molecule has 0 spiro atoms. The zero-order valence-corrected chi connectivity index (χ0v) is 3.76. The number of halogens is 1. The van der Waals surface area contributed by atoms with Crippen molar-refractivity contribution in [3.8, 4) is 6.07 Å². The predicted octanol–water partition coefficient (Wildman–Crippen LogP) is 0.230. The molecule has 0 bridgehead atoms. The average Bonchev–Trinajstić information content (AvgIpc) is 1.68. The maximum Gasteiger partial charge on any atom is 0.116 e. The van der Waals surface area contributed by atoms with Gasteiger partial charge in [-0.25, -0.2) is 4.39 Å². The second-order valence-corrected chi connectivity index (χ2v) is 1.17. The fourth-order valence-electron chi connectivity index (χ4n) is 0.160. The Morgan fingerprint density at radius 2 is 2.43 bits per heavy atom. The minimum atomic E-state index is -1.08. The van der Waals surface area contributed by atoms with Crippen molar-refractivity contribution in [2.24, 2.45) is 0 Å². The summed E-state index contributed by atoms with van der Waals surface area (Å²) in [6.07, 6.45) is -1.19. The van der Waals surface area contributed by atoms with E-state index in [1.165, 1.54) is 0 Å². The summed E-state index contributed by atoms with van der Waals surface area (Å²) in [5.74, 6) is 0. The third-order valence-electron chi connectivity index (χ3n) is 0.505. The van der Waals surface area contributed by atoms with Crippen LogP contribution in [0.1, 0.15) is 6.42 Å². The van der Waals surface area contributed by atoms with Crippen LogP contribution in [-0.2, 0) is 0 Å². The molecule has 0 rings (SSSR count). The highest BCUT2D eigenvalue weighted by atomic mass is 19.1. The third kappa shape index (κ3) is 3.20. The van der Waals surface area contributed by atoms with Crippen molar-refractivity contribution in [3.63, 3.8) is 0 Å². The van der Waals surface area contributed by atoms with Gasteiger partial charge in [0.15, 0.2) is 0 Å². The van der Waals surface area contributed by atoms with Gasteiger partial charge in [0.1, 0.15) is 6.67 Å². The lowest BCUT2D eigenvalue weighted by molar-refractivity contribution is 0.144. The van der Waals surface area contributed by atoms with Crippen molar-refractivity contribution >= 4 is 0 Å². The molecular weight excluding hydrogens is 97.0 g/mol. The molecule has 0 unspecified atom stereocenters. The summed E-state index contributed by atoms with van der Waals surface area (Å²) < 4.78 is 11.2. The number of hydrogen-bond donors (Lipinski definition) is 1. The number of nitrogens with zero attached hydrogens (tertiary/aromatic N) is 1. The van der Waals surface area contributed by atoms with Gasteiger partial charge in [-0.05, 0) is 0 Å². The standard InChI is InChI=1S/C4H6FNO/c5-3-4(7)1-2-6/h4,7H,1,3H2/t4-/m0/s1. The predicted molar refractivity (Wildman–Crippen MR) is 22.2 cm³/mol. The zero-order chi connectivity index (χ0) is 5.70. The highest BCUT2D eigenvalue weighted by molar-refractivity contribution is 4.73. The Morgan fingerprint density at radius 1 is 1.86 bits per heavy atom. The molecule has 0 aliphatic heterocycles. The summed E-state index contributed by atoms with van der Waals surface area (Å²) in [6, 6.07) is 1.63. The second kappa shape index (κ2) is 3.57. The van der Waals surface area contributed by atoms with Gasteiger partial charge in [-0.2, -0.15) is 5.26 Å². The van der Waals surface area contributed by atoms with Crippen molar-refractivity contribution in [1.82, 2.24) is 0 Å². The van der Waals surface area contributed by atoms with Gasteiger partial charge >= 0.3 is 0 Å². The molecule has 0 aromatic heterocycles. The van der Waals surface area contributed by atoms with E-state index in [-0.39, 0.29) is 6.42 Å². The van der Waals surface area contributed by atoms with Crippen molar-refractivity contribution < 1.29 is 9.50 Å². The fraction of sp³-hybridized carbons (Fsp3) is 0.750. The molecule has 40 valence electrons. The lowest BCUT2D eigenvalue weighted by Gasteiger charge is -1.93. The first-order valence-corrected chi connectivity index (χ1v) is 1.92. The van der Waals surface area contributed by atoms with Crippen molar-refractivity contribution in [3.05, 3.63) is 0 Å². The van der Waals surface area contributed by atoms with Crippen LogP contribution in [0.4, 0.5) is 4.39 Å². The Kier molecular flexibility index (Phi) is 3.25.